The molecule has 0 spiro atoms. The Balaban J connectivity index is 2.79. The van der Waals surface area contributed by atoms with Crippen molar-refractivity contribution >= 4 is 19.3 Å². The molecule has 0 saturated carbocycles. The van der Waals surface area contributed by atoms with Crippen LogP contribution in [0.2, 0.25) is 0 Å². The van der Waals surface area contributed by atoms with E-state index in [9.17, 15) is 24.4 Å². The Kier molecular flexibility index (Phi) is 5.65. The molecule has 1 aliphatic heterocycles. The van der Waals surface area contributed by atoms with Crippen LogP contribution in [0, 0.1) is 10.1 Å². The first kappa shape index (κ1) is 19.8. The van der Waals surface area contributed by atoms with E-state index < -0.39 is 24.4 Å². The molecule has 0 fully saturated rings. The Morgan fingerprint density at radius 1 is 1.31 bits per heavy atom. The predicted molar refractivity (Wildman–Crippen MR) is 93.2 cm³/mol. The van der Waals surface area contributed by atoms with Crippen LogP contribution >= 0.6 is 7.60 Å². The van der Waals surface area contributed by atoms with Crippen molar-refractivity contribution in [1.82, 2.24) is 5.32 Å². The van der Waals surface area contributed by atoms with Crippen molar-refractivity contribution in [3.8, 4) is 0 Å². The highest BCUT2D eigenvalue weighted by Gasteiger charge is 2.42. The van der Waals surface area contributed by atoms with Crippen LogP contribution in [0.25, 0.3) is 0 Å². The number of dihydropyridines is 1. The largest absolute Gasteiger partial charge is 0.466 e. The number of hydrogen-bond acceptors (Lipinski definition) is 7. The van der Waals surface area contributed by atoms with Crippen LogP contribution in [0.3, 0.4) is 0 Å². The van der Waals surface area contributed by atoms with Gasteiger partial charge in [0.2, 0.25) is 0 Å². The highest BCUT2D eigenvalue weighted by Crippen LogP contribution is 2.60. The molecule has 1 aromatic carbocycles. The number of nitrogens with one attached hydrogen (secondary N) is 1. The molecule has 0 aliphatic carbocycles. The van der Waals surface area contributed by atoms with Gasteiger partial charge in [-0.3, -0.25) is 14.7 Å². The minimum absolute atomic E-state index is 0.0634. The zero-order valence-electron chi connectivity index (χ0n) is 14.7. The van der Waals surface area contributed by atoms with Gasteiger partial charge < -0.3 is 19.5 Å². The second kappa shape index (κ2) is 7.41. The molecule has 10 heteroatoms. The van der Waals surface area contributed by atoms with Crippen LogP contribution < -0.4 is 5.32 Å². The lowest BCUT2D eigenvalue weighted by atomic mass is 9.86. The van der Waals surface area contributed by atoms with Gasteiger partial charge in [-0.15, -0.1) is 0 Å². The number of carbonyl (C=O) groups excluding carboxylic acids is 1. The van der Waals surface area contributed by atoms with Gasteiger partial charge in [0.1, 0.15) is 0 Å². The van der Waals surface area contributed by atoms with Crippen molar-refractivity contribution in [3.63, 3.8) is 0 Å². The Bertz CT molecular complexity index is 875. The molecular weight excluding hydrogens is 363 g/mol. The van der Waals surface area contributed by atoms with E-state index in [2.05, 4.69) is 5.32 Å². The summed E-state index contributed by atoms with van der Waals surface area (Å²) in [6.45, 7) is 3.19. The van der Waals surface area contributed by atoms with E-state index in [0.29, 0.717) is 17.0 Å². The van der Waals surface area contributed by atoms with Gasteiger partial charge in [-0.25, -0.2) is 4.79 Å². The lowest BCUT2D eigenvalue weighted by Gasteiger charge is -2.32. The summed E-state index contributed by atoms with van der Waals surface area (Å²) in [5.74, 6) is -1.74. The van der Waals surface area contributed by atoms with Gasteiger partial charge >= 0.3 is 13.6 Å². The second-order valence-electron chi connectivity index (χ2n) is 5.65. The maximum Gasteiger partial charge on any atom is 0.357 e. The van der Waals surface area contributed by atoms with Crippen LogP contribution in [0.5, 0.6) is 0 Å². The number of allylic oxidation sites excluding steroid dienone is 3. The normalized spacial score (nSPS) is 19.7. The molecule has 2 rings (SSSR count). The van der Waals surface area contributed by atoms with Gasteiger partial charge in [0.15, 0.2) is 0 Å². The fraction of sp³-hybridized carbons (Fsp3) is 0.312. The van der Waals surface area contributed by atoms with Gasteiger partial charge in [-0.05, 0) is 19.4 Å². The number of nitrogens with zero attached hydrogens (tertiary/aromatic N) is 1. The number of nitro benzene ring substituents is 1. The predicted octanol–water partition coefficient (Wildman–Crippen LogP) is 2.79. The van der Waals surface area contributed by atoms with Gasteiger partial charge in [0.25, 0.3) is 5.69 Å². The number of benzene rings is 1. The third-order valence-corrected chi connectivity index (χ3v) is 5.79. The fourth-order valence-electron chi connectivity index (χ4n) is 2.98. The summed E-state index contributed by atoms with van der Waals surface area (Å²) in [6, 6.07) is 5.54. The monoisotopic (exact) mass is 382 g/mol. The van der Waals surface area contributed by atoms with Crippen molar-refractivity contribution in [1.29, 1.82) is 0 Å². The minimum Gasteiger partial charge on any atom is -0.466 e. The molecule has 1 heterocycles. The number of rotatable bonds is 5. The van der Waals surface area contributed by atoms with Crippen LogP contribution in [0.4, 0.5) is 5.69 Å². The molecule has 0 saturated heterocycles. The maximum atomic E-state index is 12.6. The summed E-state index contributed by atoms with van der Waals surface area (Å²) in [5, 5.41) is 13.9. The van der Waals surface area contributed by atoms with E-state index in [1.54, 1.807) is 19.9 Å². The zero-order chi connectivity index (χ0) is 19.6. The summed E-state index contributed by atoms with van der Waals surface area (Å²) in [5.41, 5.74) is 0.941. The SMILES string of the molecule is COC(=O)C1=C(C)NC(C)=C(P(=O)(O)OC)C1c1cccc([N+](=O)[O-])c1. The lowest BCUT2D eigenvalue weighted by molar-refractivity contribution is -0.384. The molecule has 2 N–H and O–H groups in total. The summed E-state index contributed by atoms with van der Waals surface area (Å²) < 4.78 is 22.2. The number of carbonyl (C=O) groups is 1. The summed E-state index contributed by atoms with van der Waals surface area (Å²) >= 11 is 0. The van der Waals surface area contributed by atoms with Crippen LogP contribution in [-0.2, 0) is 18.6 Å². The number of hydrogen-bond donors (Lipinski definition) is 2. The van der Waals surface area contributed by atoms with Crippen molar-refractivity contribution in [2.75, 3.05) is 14.2 Å². The number of non-ortho nitro benzene ring substituents is 1. The van der Waals surface area contributed by atoms with Crippen molar-refractivity contribution in [3.05, 3.63) is 62.2 Å². The van der Waals surface area contributed by atoms with Crippen molar-refractivity contribution < 1.29 is 28.4 Å². The summed E-state index contributed by atoms with van der Waals surface area (Å²) in [7, 11) is -2.01. The fourth-order valence-corrected chi connectivity index (χ4v) is 4.26. The Morgan fingerprint density at radius 3 is 2.50 bits per heavy atom. The van der Waals surface area contributed by atoms with E-state index in [1.165, 1.54) is 25.3 Å². The van der Waals surface area contributed by atoms with Gasteiger partial charge in [0, 0.05) is 30.6 Å². The number of nitro groups is 1. The highest BCUT2D eigenvalue weighted by molar-refractivity contribution is 7.57. The molecule has 9 nitrogen and oxygen atoms in total. The van der Waals surface area contributed by atoms with Crippen molar-refractivity contribution in [2.45, 2.75) is 19.8 Å². The third kappa shape index (κ3) is 3.55. The van der Waals surface area contributed by atoms with Crippen molar-refractivity contribution in [2.24, 2.45) is 0 Å². The Morgan fingerprint density at radius 2 is 1.96 bits per heavy atom. The van der Waals surface area contributed by atoms with Gasteiger partial charge in [0.05, 0.1) is 28.8 Å². The van der Waals surface area contributed by atoms with Crippen LogP contribution in [0.15, 0.2) is 46.5 Å². The topological polar surface area (TPSA) is 128 Å². The van der Waals surface area contributed by atoms with E-state index in [0.717, 1.165) is 7.11 Å². The van der Waals surface area contributed by atoms with E-state index in [1.807, 2.05) is 0 Å². The van der Waals surface area contributed by atoms with Gasteiger partial charge in [-0.1, -0.05) is 12.1 Å². The second-order valence-corrected chi connectivity index (χ2v) is 7.54. The zero-order valence-corrected chi connectivity index (χ0v) is 15.6. The number of ether oxygens (including phenoxy) is 1. The van der Waals surface area contributed by atoms with E-state index in [-0.39, 0.29) is 16.6 Å². The molecule has 0 amide bonds. The summed E-state index contributed by atoms with van der Waals surface area (Å²) in [6.07, 6.45) is 0. The first-order chi connectivity index (χ1) is 12.1. The molecular formula is C16H19N2O7P. The molecule has 1 aromatic rings. The quantitative estimate of drug-likeness (QED) is 0.344. The highest BCUT2D eigenvalue weighted by atomic mass is 31.2. The lowest BCUT2D eigenvalue weighted by Crippen LogP contribution is -2.29. The first-order valence-electron chi connectivity index (χ1n) is 7.54. The standard InChI is InChI=1S/C16H19N2O7P/c1-9-13(16(19)24-3)14(11-6-5-7-12(8-11)18(20)21)15(10(2)17-9)26(22,23)25-4/h5-8,14,17H,1-4H3,(H,22,23). The Labute approximate surface area is 150 Å². The van der Waals surface area contributed by atoms with E-state index in [4.69, 9.17) is 9.26 Å². The smallest absolute Gasteiger partial charge is 0.357 e. The third-order valence-electron chi connectivity index (χ3n) is 4.10. The number of esters is 1. The van der Waals surface area contributed by atoms with Gasteiger partial charge in [-0.2, -0.15) is 0 Å². The molecule has 0 aromatic heterocycles. The molecule has 140 valence electrons. The molecule has 1 aliphatic rings. The average Bonchev–Trinajstić information content (AvgIpc) is 2.60. The summed E-state index contributed by atoms with van der Waals surface area (Å²) in [4.78, 5) is 33.2. The molecule has 0 bridgehead atoms. The van der Waals surface area contributed by atoms with Crippen LogP contribution in [0.1, 0.15) is 25.3 Å². The molecule has 0 radical (unpaired) electrons. The average molecular weight is 382 g/mol. The minimum atomic E-state index is -4.27. The van der Waals surface area contributed by atoms with E-state index >= 15 is 0 Å². The first-order valence-corrected chi connectivity index (χ1v) is 9.12. The Hall–Kier alpha value is -2.48. The molecule has 2 atom stereocenters. The number of methoxy groups -OCH3 is 1. The maximum absolute atomic E-state index is 12.6. The molecule has 26 heavy (non-hydrogen) atoms. The molecule has 2 unspecified atom stereocenters. The van der Waals surface area contributed by atoms with Crippen LogP contribution in [-0.4, -0.2) is 30.0 Å².